The lowest BCUT2D eigenvalue weighted by molar-refractivity contribution is 0.669. The van der Waals surface area contributed by atoms with Crippen LogP contribution in [0.3, 0.4) is 0 Å². The zero-order valence-corrected chi connectivity index (χ0v) is 9.80. The van der Waals surface area contributed by atoms with Crippen molar-refractivity contribution < 1.29 is 0 Å². The molecule has 1 heterocycles. The molecule has 1 nitrogen and oxygen atoms in total. The van der Waals surface area contributed by atoms with E-state index < -0.39 is 0 Å². The van der Waals surface area contributed by atoms with Gasteiger partial charge in [-0.2, -0.15) is 0 Å². The first kappa shape index (κ1) is 10.3. The molecule has 15 heavy (non-hydrogen) atoms. The van der Waals surface area contributed by atoms with Gasteiger partial charge in [-0.25, -0.2) is 0 Å². The van der Waals surface area contributed by atoms with Gasteiger partial charge in [0.2, 0.25) is 0 Å². The van der Waals surface area contributed by atoms with Gasteiger partial charge < -0.3 is 4.98 Å². The topological polar surface area (TPSA) is 15.8 Å². The molecular weight excluding hydrogens is 182 g/mol. The molecule has 0 spiro atoms. The quantitative estimate of drug-likeness (QED) is 0.758. The lowest BCUT2D eigenvalue weighted by Crippen LogP contribution is -1.90. The van der Waals surface area contributed by atoms with E-state index in [-0.39, 0.29) is 0 Å². The molecule has 2 aromatic rings. The number of fused-ring (bicyclic) bond motifs is 1. The van der Waals surface area contributed by atoms with Crippen LogP contribution in [0, 0.1) is 6.92 Å². The molecule has 1 unspecified atom stereocenters. The number of aromatic nitrogens is 1. The van der Waals surface area contributed by atoms with Gasteiger partial charge in [0.1, 0.15) is 0 Å². The summed E-state index contributed by atoms with van der Waals surface area (Å²) < 4.78 is 0. The van der Waals surface area contributed by atoms with Crippen molar-refractivity contribution in [1.82, 2.24) is 4.98 Å². The Morgan fingerprint density at radius 3 is 2.87 bits per heavy atom. The van der Waals surface area contributed by atoms with Crippen molar-refractivity contribution in [3.63, 3.8) is 0 Å². The van der Waals surface area contributed by atoms with Crippen LogP contribution in [0.2, 0.25) is 0 Å². The third-order valence-electron chi connectivity index (χ3n) is 3.12. The van der Waals surface area contributed by atoms with Crippen molar-refractivity contribution in [2.75, 3.05) is 0 Å². The van der Waals surface area contributed by atoms with Crippen molar-refractivity contribution in [2.45, 2.75) is 39.5 Å². The fourth-order valence-electron chi connectivity index (χ4n) is 2.25. The van der Waals surface area contributed by atoms with Gasteiger partial charge in [0.05, 0.1) is 0 Å². The fraction of sp³-hybridized carbons (Fsp3) is 0.429. The summed E-state index contributed by atoms with van der Waals surface area (Å²) in [4.78, 5) is 3.35. The molecule has 0 aliphatic carbocycles. The third kappa shape index (κ3) is 1.92. The maximum absolute atomic E-state index is 3.35. The van der Waals surface area contributed by atoms with E-state index in [1.54, 1.807) is 0 Å². The van der Waals surface area contributed by atoms with Crippen LogP contribution in [0.15, 0.2) is 24.4 Å². The summed E-state index contributed by atoms with van der Waals surface area (Å²) in [5, 5.41) is 1.40. The van der Waals surface area contributed by atoms with Crippen molar-refractivity contribution in [3.05, 3.63) is 35.5 Å². The molecule has 0 aliphatic rings. The van der Waals surface area contributed by atoms with Gasteiger partial charge in [-0.15, -0.1) is 0 Å². The second-order valence-corrected chi connectivity index (χ2v) is 4.48. The molecular formula is C14H19N. The largest absolute Gasteiger partial charge is 0.361 e. The molecule has 0 radical (unpaired) electrons. The second kappa shape index (κ2) is 4.09. The van der Waals surface area contributed by atoms with E-state index in [4.69, 9.17) is 0 Å². The summed E-state index contributed by atoms with van der Waals surface area (Å²) in [5.74, 6) is 0.658. The average molecular weight is 201 g/mol. The maximum atomic E-state index is 3.35. The molecule has 2 rings (SSSR count). The molecule has 1 N–H and O–H groups in total. The van der Waals surface area contributed by atoms with E-state index in [1.807, 2.05) is 0 Å². The predicted octanol–water partition coefficient (Wildman–Crippen LogP) is 4.38. The number of hydrogen-bond acceptors (Lipinski definition) is 0. The van der Waals surface area contributed by atoms with E-state index in [0.717, 1.165) is 0 Å². The van der Waals surface area contributed by atoms with Crippen LogP contribution >= 0.6 is 0 Å². The van der Waals surface area contributed by atoms with Crippen LogP contribution in [0.5, 0.6) is 0 Å². The minimum absolute atomic E-state index is 0.658. The Morgan fingerprint density at radius 1 is 1.33 bits per heavy atom. The summed E-state index contributed by atoms with van der Waals surface area (Å²) >= 11 is 0. The van der Waals surface area contributed by atoms with Gasteiger partial charge in [0.15, 0.2) is 0 Å². The normalized spacial score (nSPS) is 13.3. The first-order valence-corrected chi connectivity index (χ1v) is 5.80. The molecule has 0 saturated heterocycles. The highest BCUT2D eigenvalue weighted by atomic mass is 14.7. The van der Waals surface area contributed by atoms with Crippen LogP contribution in [-0.4, -0.2) is 4.98 Å². The fourth-order valence-corrected chi connectivity index (χ4v) is 2.25. The predicted molar refractivity (Wildman–Crippen MR) is 66.4 cm³/mol. The molecule has 1 heteroatoms. The minimum atomic E-state index is 0.658. The molecule has 0 amide bonds. The number of rotatable bonds is 3. The van der Waals surface area contributed by atoms with Gasteiger partial charge in [0, 0.05) is 17.1 Å². The van der Waals surface area contributed by atoms with Crippen LogP contribution in [0.25, 0.3) is 10.9 Å². The van der Waals surface area contributed by atoms with Gasteiger partial charge >= 0.3 is 0 Å². The Kier molecular flexibility index (Phi) is 2.81. The van der Waals surface area contributed by atoms with Gasteiger partial charge in [0.25, 0.3) is 0 Å². The zero-order chi connectivity index (χ0) is 10.8. The highest BCUT2D eigenvalue weighted by Gasteiger charge is 2.10. The summed E-state index contributed by atoms with van der Waals surface area (Å²) in [7, 11) is 0. The zero-order valence-electron chi connectivity index (χ0n) is 9.80. The van der Waals surface area contributed by atoms with Crippen LogP contribution in [-0.2, 0) is 0 Å². The molecule has 0 saturated carbocycles. The Balaban J connectivity index is 2.47. The SMILES string of the molecule is CCCC(C)c1c[nH]c2ccc(C)cc12. The number of nitrogens with one attached hydrogen (secondary N) is 1. The minimum Gasteiger partial charge on any atom is -0.361 e. The number of aryl methyl sites for hydroxylation is 1. The van der Waals surface area contributed by atoms with Crippen LogP contribution < -0.4 is 0 Å². The highest BCUT2D eigenvalue weighted by molar-refractivity contribution is 5.84. The van der Waals surface area contributed by atoms with Crippen LogP contribution in [0.1, 0.15) is 43.7 Å². The van der Waals surface area contributed by atoms with E-state index >= 15 is 0 Å². The first-order valence-electron chi connectivity index (χ1n) is 5.80. The van der Waals surface area contributed by atoms with E-state index in [0.29, 0.717) is 5.92 Å². The Hall–Kier alpha value is -1.24. The number of H-pyrrole nitrogens is 1. The number of aromatic amines is 1. The lowest BCUT2D eigenvalue weighted by Gasteiger charge is -2.08. The molecule has 1 aromatic carbocycles. The van der Waals surface area contributed by atoms with Crippen molar-refractivity contribution in [3.8, 4) is 0 Å². The van der Waals surface area contributed by atoms with Gasteiger partial charge in [-0.05, 0) is 37.0 Å². The highest BCUT2D eigenvalue weighted by Crippen LogP contribution is 2.28. The van der Waals surface area contributed by atoms with E-state index in [1.165, 1.54) is 34.9 Å². The van der Waals surface area contributed by atoms with Gasteiger partial charge in [-0.1, -0.05) is 31.9 Å². The molecule has 80 valence electrons. The summed E-state index contributed by atoms with van der Waals surface area (Å²) in [5.41, 5.74) is 4.07. The summed E-state index contributed by atoms with van der Waals surface area (Å²) in [6.07, 6.45) is 4.69. The van der Waals surface area contributed by atoms with Crippen molar-refractivity contribution >= 4 is 10.9 Å². The molecule has 1 atom stereocenters. The van der Waals surface area contributed by atoms with Crippen molar-refractivity contribution in [1.29, 1.82) is 0 Å². The Morgan fingerprint density at radius 2 is 2.13 bits per heavy atom. The summed E-state index contributed by atoms with van der Waals surface area (Å²) in [6, 6.07) is 6.62. The maximum Gasteiger partial charge on any atom is 0.0457 e. The second-order valence-electron chi connectivity index (χ2n) is 4.48. The Bertz CT molecular complexity index is 453. The van der Waals surface area contributed by atoms with E-state index in [9.17, 15) is 0 Å². The number of hydrogen-bond donors (Lipinski definition) is 1. The molecule has 0 fully saturated rings. The van der Waals surface area contributed by atoms with Gasteiger partial charge in [-0.3, -0.25) is 0 Å². The third-order valence-corrected chi connectivity index (χ3v) is 3.12. The average Bonchev–Trinajstić information content (AvgIpc) is 2.60. The Labute approximate surface area is 91.5 Å². The van der Waals surface area contributed by atoms with Crippen LogP contribution in [0.4, 0.5) is 0 Å². The van der Waals surface area contributed by atoms with Crippen molar-refractivity contribution in [2.24, 2.45) is 0 Å². The number of benzene rings is 1. The molecule has 1 aromatic heterocycles. The standard InChI is InChI=1S/C14H19N/c1-4-5-11(3)13-9-15-14-7-6-10(2)8-12(13)14/h6-9,11,15H,4-5H2,1-3H3. The smallest absolute Gasteiger partial charge is 0.0457 e. The lowest BCUT2D eigenvalue weighted by atomic mass is 9.95. The summed E-state index contributed by atoms with van der Waals surface area (Å²) in [6.45, 7) is 6.71. The van der Waals surface area contributed by atoms with E-state index in [2.05, 4.69) is 50.2 Å². The monoisotopic (exact) mass is 201 g/mol. The molecule has 0 aliphatic heterocycles. The first-order chi connectivity index (χ1) is 7.22. The molecule has 0 bridgehead atoms.